The van der Waals surface area contributed by atoms with Gasteiger partial charge in [-0.1, -0.05) is 0 Å². The molecule has 0 amide bonds. The van der Waals surface area contributed by atoms with Gasteiger partial charge >= 0.3 is 12.7 Å². The molecule has 1 aromatic carbocycles. The van der Waals surface area contributed by atoms with Crippen LogP contribution in [0.25, 0.3) is 0 Å². The predicted octanol–water partition coefficient (Wildman–Crippen LogP) is 0.156. The van der Waals surface area contributed by atoms with Crippen molar-refractivity contribution in [2.24, 2.45) is 0 Å². The summed E-state index contributed by atoms with van der Waals surface area (Å²) in [5, 5.41) is 27.8. The molecule has 0 aromatic heterocycles. The molecule has 0 saturated heterocycles. The summed E-state index contributed by atoms with van der Waals surface area (Å²) in [4.78, 5) is 11.2. The topological polar surface area (TPSA) is 105 Å². The van der Waals surface area contributed by atoms with Crippen molar-refractivity contribution in [3.05, 3.63) is 17.4 Å². The van der Waals surface area contributed by atoms with Gasteiger partial charge in [0.1, 0.15) is 17.1 Å². The van der Waals surface area contributed by atoms with Crippen LogP contribution in [-0.4, -0.2) is 41.0 Å². The summed E-state index contributed by atoms with van der Waals surface area (Å²) in [6.45, 7) is -2.38. The van der Waals surface area contributed by atoms with Crippen LogP contribution in [0.3, 0.4) is 0 Å². The largest absolute Gasteiger partial charge is 0.665 e. The van der Waals surface area contributed by atoms with E-state index in [4.69, 9.17) is 19.2 Å². The van der Waals surface area contributed by atoms with Crippen LogP contribution in [0.4, 0.5) is 4.39 Å². The standard InChI is InChI=1S/C10H11BFO7/c1-2-17-6-3-5(12)8-9(7(6)10(13)14)19-11(15,16)4-18-8/h3,15-16H,2,4H2,1H3,(H,13,14)/q-1. The first-order valence-electron chi connectivity index (χ1n) is 5.50. The molecular formula is C10H11BFO7-. The van der Waals surface area contributed by atoms with Crippen molar-refractivity contribution in [2.45, 2.75) is 6.92 Å². The average molecular weight is 273 g/mol. The Labute approximate surface area is 107 Å². The first-order chi connectivity index (χ1) is 8.85. The minimum absolute atomic E-state index is 0.105. The highest BCUT2D eigenvalue weighted by atomic mass is 19.1. The van der Waals surface area contributed by atoms with Crippen molar-refractivity contribution in [2.75, 3.05) is 13.1 Å². The highest BCUT2D eigenvalue weighted by Crippen LogP contribution is 2.43. The van der Waals surface area contributed by atoms with Gasteiger partial charge < -0.3 is 29.3 Å². The maximum Gasteiger partial charge on any atom is 0.467 e. The Bertz CT molecular complexity index is 531. The van der Waals surface area contributed by atoms with E-state index in [1.54, 1.807) is 6.92 Å². The maximum absolute atomic E-state index is 13.7. The Morgan fingerprint density at radius 1 is 1.53 bits per heavy atom. The Morgan fingerprint density at radius 2 is 2.21 bits per heavy atom. The molecule has 0 atom stereocenters. The number of rotatable bonds is 3. The van der Waals surface area contributed by atoms with E-state index >= 15 is 0 Å². The smallest absolute Gasteiger partial charge is 0.467 e. The summed E-state index contributed by atoms with van der Waals surface area (Å²) in [6.07, 6.45) is 0. The number of benzene rings is 1. The molecule has 104 valence electrons. The number of aromatic carboxylic acids is 1. The molecule has 0 bridgehead atoms. The third kappa shape index (κ3) is 2.42. The number of hydrogen-bond donors (Lipinski definition) is 3. The van der Waals surface area contributed by atoms with Crippen LogP contribution < -0.4 is 14.1 Å². The number of carboxylic acid groups (broad SMARTS) is 1. The van der Waals surface area contributed by atoms with Crippen LogP contribution in [-0.2, 0) is 0 Å². The maximum atomic E-state index is 13.7. The Hall–Kier alpha value is -2.00. The van der Waals surface area contributed by atoms with Crippen LogP contribution in [0.15, 0.2) is 6.07 Å². The van der Waals surface area contributed by atoms with Crippen LogP contribution in [0.5, 0.6) is 17.2 Å². The second-order valence-electron chi connectivity index (χ2n) is 3.91. The first kappa shape index (κ1) is 13.4. The molecule has 7 nitrogen and oxygen atoms in total. The minimum Gasteiger partial charge on any atom is -0.665 e. The molecule has 0 spiro atoms. The van der Waals surface area contributed by atoms with Crippen LogP contribution in [0.2, 0.25) is 0 Å². The van der Waals surface area contributed by atoms with Gasteiger partial charge in [-0.2, -0.15) is 0 Å². The lowest BCUT2D eigenvalue weighted by Crippen LogP contribution is -2.51. The lowest BCUT2D eigenvalue weighted by atomic mass is 9.80. The second-order valence-corrected chi connectivity index (χ2v) is 3.91. The van der Waals surface area contributed by atoms with E-state index in [0.29, 0.717) is 0 Å². The van der Waals surface area contributed by atoms with Crippen LogP contribution in [0, 0.1) is 5.82 Å². The molecule has 19 heavy (non-hydrogen) atoms. The fourth-order valence-electron chi connectivity index (χ4n) is 1.72. The molecule has 0 aliphatic carbocycles. The molecule has 0 fully saturated rings. The molecule has 0 radical (unpaired) electrons. The van der Waals surface area contributed by atoms with Crippen molar-refractivity contribution in [1.29, 1.82) is 0 Å². The van der Waals surface area contributed by atoms with Gasteiger partial charge in [-0.25, -0.2) is 9.18 Å². The lowest BCUT2D eigenvalue weighted by Gasteiger charge is -2.37. The number of carboxylic acids is 1. The third-order valence-electron chi connectivity index (χ3n) is 2.42. The quantitative estimate of drug-likeness (QED) is 0.673. The van der Waals surface area contributed by atoms with E-state index in [-0.39, 0.29) is 12.4 Å². The van der Waals surface area contributed by atoms with Crippen molar-refractivity contribution in [3.8, 4) is 17.2 Å². The number of carbonyl (C=O) groups is 1. The predicted molar refractivity (Wildman–Crippen MR) is 60.8 cm³/mol. The molecule has 3 N–H and O–H groups in total. The van der Waals surface area contributed by atoms with Crippen LogP contribution in [0.1, 0.15) is 17.3 Å². The molecule has 1 aromatic rings. The molecule has 0 unspecified atom stereocenters. The summed E-state index contributed by atoms with van der Waals surface area (Å²) in [5.41, 5.74) is -0.521. The van der Waals surface area contributed by atoms with E-state index < -0.39 is 42.1 Å². The summed E-state index contributed by atoms with van der Waals surface area (Å²) in [5.74, 6) is -3.72. The fourth-order valence-corrected chi connectivity index (χ4v) is 1.72. The zero-order chi connectivity index (χ0) is 14.2. The van der Waals surface area contributed by atoms with E-state index in [2.05, 4.69) is 0 Å². The highest BCUT2D eigenvalue weighted by Gasteiger charge is 2.36. The molecule has 1 aliphatic heterocycles. The average Bonchev–Trinajstić information content (AvgIpc) is 2.27. The minimum atomic E-state index is -3.39. The van der Waals surface area contributed by atoms with E-state index in [1.807, 2.05) is 0 Å². The fraction of sp³-hybridized carbons (Fsp3) is 0.300. The van der Waals surface area contributed by atoms with Crippen molar-refractivity contribution in [1.82, 2.24) is 0 Å². The molecular weight excluding hydrogens is 262 g/mol. The van der Waals surface area contributed by atoms with Crippen LogP contribution >= 0.6 is 0 Å². The first-order valence-corrected chi connectivity index (χ1v) is 5.50. The zero-order valence-electron chi connectivity index (χ0n) is 9.92. The van der Waals surface area contributed by atoms with Gasteiger partial charge in [-0.3, -0.25) is 0 Å². The Balaban J connectivity index is 2.64. The Morgan fingerprint density at radius 3 is 2.79 bits per heavy atom. The number of halogens is 1. The normalized spacial score (nSPS) is 16.0. The summed E-state index contributed by atoms with van der Waals surface area (Å²) in [7, 11) is 0. The Kier molecular flexibility index (Phi) is 3.25. The van der Waals surface area contributed by atoms with Gasteiger partial charge in [0, 0.05) is 6.07 Å². The second kappa shape index (κ2) is 4.59. The molecule has 2 rings (SSSR count). The number of hydrogen-bond acceptors (Lipinski definition) is 6. The van der Waals surface area contributed by atoms with E-state index in [1.165, 1.54) is 0 Å². The molecule has 0 saturated carbocycles. The van der Waals surface area contributed by atoms with Gasteiger partial charge in [0.05, 0.1) is 13.1 Å². The number of fused-ring (bicyclic) bond motifs is 1. The van der Waals surface area contributed by atoms with Gasteiger partial charge in [0.2, 0.25) is 0 Å². The summed E-state index contributed by atoms with van der Waals surface area (Å²) >= 11 is 0. The molecule has 1 aliphatic rings. The summed E-state index contributed by atoms with van der Waals surface area (Å²) < 4.78 is 28.2. The van der Waals surface area contributed by atoms with Crippen molar-refractivity contribution < 1.29 is 38.5 Å². The van der Waals surface area contributed by atoms with Gasteiger partial charge in [0.25, 0.3) is 0 Å². The van der Waals surface area contributed by atoms with E-state index in [9.17, 15) is 19.2 Å². The van der Waals surface area contributed by atoms with Crippen molar-refractivity contribution in [3.63, 3.8) is 0 Å². The SMILES string of the molecule is CCOc1cc(F)c2c(c1C(=O)O)O[B-](O)(O)CO2. The highest BCUT2D eigenvalue weighted by molar-refractivity contribution is 6.58. The van der Waals surface area contributed by atoms with Crippen molar-refractivity contribution >= 4 is 12.7 Å². The van der Waals surface area contributed by atoms with Gasteiger partial charge in [0.15, 0.2) is 11.6 Å². The monoisotopic (exact) mass is 273 g/mol. The molecule has 9 heteroatoms. The van der Waals surface area contributed by atoms with E-state index in [0.717, 1.165) is 6.07 Å². The lowest BCUT2D eigenvalue weighted by molar-refractivity contribution is 0.0685. The van der Waals surface area contributed by atoms with Gasteiger partial charge in [-0.05, 0) is 6.92 Å². The third-order valence-corrected chi connectivity index (χ3v) is 2.42. The number of ether oxygens (including phenoxy) is 2. The zero-order valence-corrected chi connectivity index (χ0v) is 9.92. The summed E-state index contributed by atoms with van der Waals surface area (Å²) in [6, 6.07) is 0.851. The molecule has 1 heterocycles. The van der Waals surface area contributed by atoms with Gasteiger partial charge in [-0.15, -0.1) is 0 Å².